The molecular formula is C18H25NO3S. The molecule has 4 unspecified atom stereocenters. The number of nitrogens with one attached hydrogen (secondary N) is 1. The lowest BCUT2D eigenvalue weighted by Gasteiger charge is -2.41. The molecule has 1 N–H and O–H groups in total. The van der Waals surface area contributed by atoms with Crippen LogP contribution in [0.5, 0.6) is 0 Å². The van der Waals surface area contributed by atoms with Crippen molar-refractivity contribution in [2.75, 3.05) is 13.2 Å². The van der Waals surface area contributed by atoms with Crippen molar-refractivity contribution in [1.82, 2.24) is 4.72 Å². The van der Waals surface area contributed by atoms with Crippen LogP contribution in [-0.4, -0.2) is 27.2 Å². The summed E-state index contributed by atoms with van der Waals surface area (Å²) in [5.41, 5.74) is 1.02. The largest absolute Gasteiger partial charge is 0.372 e. The van der Waals surface area contributed by atoms with Crippen molar-refractivity contribution >= 4 is 10.0 Å². The molecule has 2 aliphatic carbocycles. The molecule has 1 saturated heterocycles. The van der Waals surface area contributed by atoms with Gasteiger partial charge in [0.1, 0.15) is 0 Å². The molecule has 1 heterocycles. The Morgan fingerprint density at radius 3 is 2.57 bits per heavy atom. The van der Waals surface area contributed by atoms with E-state index in [1.807, 2.05) is 19.1 Å². The van der Waals surface area contributed by atoms with Crippen LogP contribution < -0.4 is 4.72 Å². The van der Waals surface area contributed by atoms with Gasteiger partial charge >= 0.3 is 0 Å². The summed E-state index contributed by atoms with van der Waals surface area (Å²) in [5.74, 6) is 0.671. The molecule has 126 valence electrons. The number of aryl methyl sites for hydroxylation is 1. The first-order chi connectivity index (χ1) is 10.7. The maximum absolute atomic E-state index is 12.6. The minimum Gasteiger partial charge on any atom is -0.372 e. The molecule has 0 spiro atoms. The standard InChI is InChI=1S/C18H25NO3S/c1-13-4-6-15(7-5-13)23(20,21)19-11-18-10-14-8-9-17(18,3)16(14,2)12-22-18/h4-7,14,19H,8-12H2,1-3H3. The summed E-state index contributed by atoms with van der Waals surface area (Å²) in [5, 5.41) is 0. The quantitative estimate of drug-likeness (QED) is 0.920. The average molecular weight is 335 g/mol. The third kappa shape index (κ3) is 1.87. The lowest BCUT2D eigenvalue weighted by molar-refractivity contribution is -0.0784. The fourth-order valence-electron chi connectivity index (χ4n) is 5.33. The van der Waals surface area contributed by atoms with Crippen LogP contribution in [0.25, 0.3) is 0 Å². The van der Waals surface area contributed by atoms with E-state index in [1.165, 1.54) is 6.42 Å². The van der Waals surface area contributed by atoms with E-state index in [9.17, 15) is 8.42 Å². The average Bonchev–Trinajstić information content (AvgIpc) is 2.97. The van der Waals surface area contributed by atoms with Crippen molar-refractivity contribution in [2.45, 2.75) is 50.5 Å². The van der Waals surface area contributed by atoms with Crippen molar-refractivity contribution < 1.29 is 13.2 Å². The molecule has 3 fully saturated rings. The van der Waals surface area contributed by atoms with Gasteiger partial charge in [-0.1, -0.05) is 31.5 Å². The van der Waals surface area contributed by atoms with Gasteiger partial charge < -0.3 is 4.74 Å². The molecule has 3 aliphatic rings. The summed E-state index contributed by atoms with van der Waals surface area (Å²) in [6.45, 7) is 7.72. The van der Waals surface area contributed by atoms with E-state index in [4.69, 9.17) is 4.74 Å². The van der Waals surface area contributed by atoms with Crippen molar-refractivity contribution in [3.63, 3.8) is 0 Å². The second kappa shape index (κ2) is 4.58. The van der Waals surface area contributed by atoms with Crippen LogP contribution in [0.15, 0.2) is 29.2 Å². The van der Waals surface area contributed by atoms with Gasteiger partial charge in [-0.05, 0) is 44.2 Å². The molecule has 0 aromatic heterocycles. The predicted molar refractivity (Wildman–Crippen MR) is 88.6 cm³/mol. The zero-order valence-corrected chi connectivity index (χ0v) is 14.9. The van der Waals surface area contributed by atoms with Gasteiger partial charge in [-0.25, -0.2) is 13.1 Å². The van der Waals surface area contributed by atoms with Crippen LogP contribution in [0.1, 0.15) is 38.7 Å². The molecule has 1 aromatic carbocycles. The maximum Gasteiger partial charge on any atom is 0.240 e. The Hall–Kier alpha value is -0.910. The van der Waals surface area contributed by atoms with Crippen molar-refractivity contribution in [3.8, 4) is 0 Å². The maximum atomic E-state index is 12.6. The molecule has 4 rings (SSSR count). The van der Waals surface area contributed by atoms with E-state index in [0.717, 1.165) is 25.0 Å². The molecule has 0 radical (unpaired) electrons. The number of sulfonamides is 1. The molecule has 4 atom stereocenters. The zero-order chi connectivity index (χ0) is 16.5. The van der Waals surface area contributed by atoms with Crippen LogP contribution in [-0.2, 0) is 14.8 Å². The van der Waals surface area contributed by atoms with Gasteiger partial charge in [0.15, 0.2) is 0 Å². The Balaban J connectivity index is 1.57. The van der Waals surface area contributed by atoms with Gasteiger partial charge in [0.25, 0.3) is 0 Å². The van der Waals surface area contributed by atoms with E-state index in [2.05, 4.69) is 18.6 Å². The lowest BCUT2D eigenvalue weighted by Crippen LogP contribution is -2.51. The first-order valence-corrected chi connectivity index (χ1v) is 9.91. The fraction of sp³-hybridized carbons (Fsp3) is 0.667. The lowest BCUT2D eigenvalue weighted by atomic mass is 9.66. The molecule has 0 amide bonds. The molecule has 4 bridgehead atoms. The Labute approximate surface area is 138 Å². The summed E-state index contributed by atoms with van der Waals surface area (Å²) in [6.07, 6.45) is 3.37. The molecule has 5 heteroatoms. The summed E-state index contributed by atoms with van der Waals surface area (Å²) < 4.78 is 34.2. The van der Waals surface area contributed by atoms with Crippen molar-refractivity contribution in [3.05, 3.63) is 29.8 Å². The summed E-state index contributed by atoms with van der Waals surface area (Å²) in [4.78, 5) is 0.327. The van der Waals surface area contributed by atoms with Gasteiger partial charge in [0, 0.05) is 17.4 Å². The fourth-order valence-corrected chi connectivity index (χ4v) is 6.41. The monoisotopic (exact) mass is 335 g/mol. The van der Waals surface area contributed by atoms with E-state index < -0.39 is 10.0 Å². The highest BCUT2D eigenvalue weighted by Gasteiger charge is 2.75. The van der Waals surface area contributed by atoms with Gasteiger partial charge in [-0.2, -0.15) is 0 Å². The Kier molecular flexibility index (Phi) is 3.11. The summed E-state index contributed by atoms with van der Waals surface area (Å²) in [7, 11) is -3.49. The van der Waals surface area contributed by atoms with Crippen LogP contribution in [0.3, 0.4) is 0 Å². The molecule has 1 aromatic rings. The minimum atomic E-state index is -3.49. The molecule has 1 aliphatic heterocycles. The van der Waals surface area contributed by atoms with E-state index in [0.29, 0.717) is 17.4 Å². The van der Waals surface area contributed by atoms with Crippen LogP contribution in [0, 0.1) is 23.7 Å². The van der Waals surface area contributed by atoms with Gasteiger partial charge in [0.05, 0.1) is 17.1 Å². The number of hydrogen-bond donors (Lipinski definition) is 1. The van der Waals surface area contributed by atoms with Crippen LogP contribution >= 0.6 is 0 Å². The number of hydrogen-bond acceptors (Lipinski definition) is 3. The van der Waals surface area contributed by atoms with Crippen LogP contribution in [0.4, 0.5) is 0 Å². The number of benzene rings is 1. The Bertz CT molecular complexity index is 744. The molecule has 4 nitrogen and oxygen atoms in total. The topological polar surface area (TPSA) is 55.4 Å². The number of rotatable bonds is 4. The second-order valence-electron chi connectivity index (χ2n) is 8.11. The molecule has 2 saturated carbocycles. The zero-order valence-electron chi connectivity index (χ0n) is 14.1. The first-order valence-electron chi connectivity index (χ1n) is 8.43. The van der Waals surface area contributed by atoms with Crippen LogP contribution in [0.2, 0.25) is 0 Å². The van der Waals surface area contributed by atoms with Crippen molar-refractivity contribution in [1.29, 1.82) is 0 Å². The highest BCUT2D eigenvalue weighted by atomic mass is 32.2. The second-order valence-corrected chi connectivity index (χ2v) is 9.88. The van der Waals surface area contributed by atoms with E-state index >= 15 is 0 Å². The molecular weight excluding hydrogens is 310 g/mol. The Morgan fingerprint density at radius 1 is 1.26 bits per heavy atom. The Morgan fingerprint density at radius 2 is 1.96 bits per heavy atom. The minimum absolute atomic E-state index is 0.0838. The van der Waals surface area contributed by atoms with E-state index in [-0.39, 0.29) is 16.4 Å². The van der Waals surface area contributed by atoms with Gasteiger partial charge in [0.2, 0.25) is 10.0 Å². The number of ether oxygens (including phenoxy) is 1. The first kappa shape index (κ1) is 15.6. The highest BCUT2D eigenvalue weighted by molar-refractivity contribution is 7.89. The third-order valence-corrected chi connectivity index (χ3v) is 8.68. The van der Waals surface area contributed by atoms with Gasteiger partial charge in [-0.3, -0.25) is 0 Å². The summed E-state index contributed by atoms with van der Waals surface area (Å²) >= 11 is 0. The summed E-state index contributed by atoms with van der Waals surface area (Å²) in [6, 6.07) is 6.98. The third-order valence-electron chi connectivity index (χ3n) is 7.26. The highest BCUT2D eigenvalue weighted by Crippen LogP contribution is 2.74. The normalized spacial score (nSPS) is 41.6. The van der Waals surface area contributed by atoms with E-state index in [1.54, 1.807) is 12.1 Å². The van der Waals surface area contributed by atoms with Crippen molar-refractivity contribution in [2.24, 2.45) is 16.7 Å². The van der Waals surface area contributed by atoms with Gasteiger partial charge in [-0.15, -0.1) is 0 Å². The predicted octanol–water partition coefficient (Wildman–Crippen LogP) is 2.87. The SMILES string of the molecule is Cc1ccc(S(=O)(=O)NCC23CC4CCC2(C)C4(C)CO3)cc1. The smallest absolute Gasteiger partial charge is 0.240 e. The molecule has 23 heavy (non-hydrogen) atoms.